The van der Waals surface area contributed by atoms with Crippen molar-refractivity contribution in [3.8, 4) is 0 Å². The number of benzene rings is 1. The van der Waals surface area contributed by atoms with Crippen molar-refractivity contribution in [1.82, 2.24) is 4.98 Å². The van der Waals surface area contributed by atoms with Gasteiger partial charge in [-0.25, -0.2) is 9.78 Å². The average Bonchev–Trinajstić information content (AvgIpc) is 2.73. The zero-order chi connectivity index (χ0) is 12.3. The molecule has 1 N–H and O–H groups in total. The van der Waals surface area contributed by atoms with Crippen LogP contribution in [0.15, 0.2) is 28.6 Å². The fraction of sp³-hybridized carbons (Fsp3) is 0.167. The van der Waals surface area contributed by atoms with Gasteiger partial charge in [-0.3, -0.25) is 0 Å². The van der Waals surface area contributed by atoms with Crippen LogP contribution in [-0.2, 0) is 5.75 Å². The van der Waals surface area contributed by atoms with E-state index in [4.69, 9.17) is 5.11 Å². The largest absolute Gasteiger partial charge is 0.478 e. The standard InChI is InChI=1S/C12H10NO2S2/c1-8-6-16-12(13-8)17-7-9-2-4-10(5-3-9)11(14)15/h2-5H,7H2,1H3,(H,14,15). The van der Waals surface area contributed by atoms with E-state index in [0.717, 1.165) is 21.3 Å². The van der Waals surface area contributed by atoms with E-state index in [1.54, 1.807) is 23.9 Å². The number of aromatic carboxylic acids is 1. The Morgan fingerprint density at radius 2 is 2.18 bits per heavy atom. The number of carboxylic acid groups (broad SMARTS) is 1. The summed E-state index contributed by atoms with van der Waals surface area (Å²) in [5.41, 5.74) is 2.32. The van der Waals surface area contributed by atoms with E-state index >= 15 is 0 Å². The Balaban J connectivity index is 1.97. The van der Waals surface area contributed by atoms with Crippen molar-refractivity contribution in [3.63, 3.8) is 0 Å². The topological polar surface area (TPSA) is 50.2 Å². The highest BCUT2D eigenvalue weighted by molar-refractivity contribution is 8.00. The van der Waals surface area contributed by atoms with Gasteiger partial charge in [0, 0.05) is 5.75 Å². The molecule has 87 valence electrons. The fourth-order valence-electron chi connectivity index (χ4n) is 1.25. The molecule has 2 rings (SSSR count). The maximum Gasteiger partial charge on any atom is 0.335 e. The van der Waals surface area contributed by atoms with Gasteiger partial charge in [0.15, 0.2) is 4.34 Å². The van der Waals surface area contributed by atoms with Gasteiger partial charge in [-0.2, -0.15) is 0 Å². The van der Waals surface area contributed by atoms with Crippen LogP contribution < -0.4 is 0 Å². The van der Waals surface area contributed by atoms with Crippen LogP contribution in [0.2, 0.25) is 0 Å². The highest BCUT2D eigenvalue weighted by atomic mass is 32.2. The lowest BCUT2D eigenvalue weighted by atomic mass is 10.1. The smallest absolute Gasteiger partial charge is 0.335 e. The van der Waals surface area contributed by atoms with E-state index in [-0.39, 0.29) is 0 Å². The molecule has 0 saturated carbocycles. The average molecular weight is 264 g/mol. The SMILES string of the molecule is Cc1[c]sc(SCc2ccc(C(=O)O)cc2)n1. The quantitative estimate of drug-likeness (QED) is 0.861. The third-order valence-electron chi connectivity index (χ3n) is 2.11. The summed E-state index contributed by atoms with van der Waals surface area (Å²) in [6.07, 6.45) is 0. The minimum absolute atomic E-state index is 0.317. The maximum atomic E-state index is 10.7. The molecule has 3 nitrogen and oxygen atoms in total. The van der Waals surface area contributed by atoms with Gasteiger partial charge in [-0.05, 0) is 24.6 Å². The molecule has 0 saturated heterocycles. The number of hydrogen-bond acceptors (Lipinski definition) is 4. The molecule has 0 atom stereocenters. The van der Waals surface area contributed by atoms with Crippen LogP contribution in [0.1, 0.15) is 21.6 Å². The normalized spacial score (nSPS) is 10.4. The van der Waals surface area contributed by atoms with Crippen molar-refractivity contribution in [2.24, 2.45) is 0 Å². The van der Waals surface area contributed by atoms with Gasteiger partial charge in [0.2, 0.25) is 0 Å². The number of hydrogen-bond donors (Lipinski definition) is 1. The lowest BCUT2D eigenvalue weighted by Gasteiger charge is -2.00. The molecule has 1 heterocycles. The summed E-state index contributed by atoms with van der Waals surface area (Å²) in [6, 6.07) is 6.91. The maximum absolute atomic E-state index is 10.7. The minimum Gasteiger partial charge on any atom is -0.478 e. The molecule has 17 heavy (non-hydrogen) atoms. The number of carbonyl (C=O) groups is 1. The number of aryl methyl sites for hydroxylation is 1. The highest BCUT2D eigenvalue weighted by Crippen LogP contribution is 2.25. The Kier molecular flexibility index (Phi) is 3.81. The Bertz CT molecular complexity index is 520. The summed E-state index contributed by atoms with van der Waals surface area (Å²) in [4.78, 5) is 15.0. The van der Waals surface area contributed by atoms with Crippen molar-refractivity contribution in [1.29, 1.82) is 0 Å². The van der Waals surface area contributed by atoms with E-state index in [1.165, 1.54) is 11.3 Å². The van der Waals surface area contributed by atoms with Crippen molar-refractivity contribution < 1.29 is 9.90 Å². The van der Waals surface area contributed by atoms with Crippen molar-refractivity contribution >= 4 is 29.1 Å². The lowest BCUT2D eigenvalue weighted by molar-refractivity contribution is 0.0697. The summed E-state index contributed by atoms with van der Waals surface area (Å²) < 4.78 is 0.991. The number of nitrogens with zero attached hydrogens (tertiary/aromatic N) is 1. The Labute approximate surface area is 108 Å². The molecular formula is C12H10NO2S2. The second-order valence-electron chi connectivity index (χ2n) is 3.46. The molecular weight excluding hydrogens is 254 g/mol. The Hall–Kier alpha value is -1.33. The van der Waals surface area contributed by atoms with Crippen LogP contribution in [-0.4, -0.2) is 16.1 Å². The molecule has 1 aromatic carbocycles. The summed E-state index contributed by atoms with van der Waals surface area (Å²) in [5.74, 6) is -0.102. The summed E-state index contributed by atoms with van der Waals surface area (Å²) in [5, 5.41) is 11.8. The van der Waals surface area contributed by atoms with Crippen LogP contribution in [0, 0.1) is 12.3 Å². The third-order valence-corrected chi connectivity index (χ3v) is 4.19. The monoisotopic (exact) mass is 264 g/mol. The van der Waals surface area contributed by atoms with Crippen LogP contribution in [0.3, 0.4) is 0 Å². The third kappa shape index (κ3) is 3.31. The number of carboxylic acids is 1. The predicted octanol–water partition coefficient (Wildman–Crippen LogP) is 3.24. The zero-order valence-corrected chi connectivity index (χ0v) is 10.8. The molecule has 1 radical (unpaired) electrons. The number of rotatable bonds is 4. The molecule has 0 aliphatic heterocycles. The van der Waals surface area contributed by atoms with Crippen LogP contribution in [0.5, 0.6) is 0 Å². The van der Waals surface area contributed by atoms with Gasteiger partial charge < -0.3 is 5.11 Å². The minimum atomic E-state index is -0.894. The predicted molar refractivity (Wildman–Crippen MR) is 68.6 cm³/mol. The Morgan fingerprint density at radius 1 is 1.47 bits per heavy atom. The molecule has 0 aliphatic carbocycles. The lowest BCUT2D eigenvalue weighted by Crippen LogP contribution is -1.95. The second kappa shape index (κ2) is 5.33. The number of thioether (sulfide) groups is 1. The van der Waals surface area contributed by atoms with Crippen LogP contribution >= 0.6 is 23.1 Å². The fourth-order valence-corrected chi connectivity index (χ4v) is 2.94. The van der Waals surface area contributed by atoms with Crippen LogP contribution in [0.4, 0.5) is 0 Å². The molecule has 1 aromatic heterocycles. The van der Waals surface area contributed by atoms with E-state index in [0.29, 0.717) is 5.56 Å². The zero-order valence-electron chi connectivity index (χ0n) is 9.14. The van der Waals surface area contributed by atoms with Gasteiger partial charge in [-0.1, -0.05) is 23.9 Å². The van der Waals surface area contributed by atoms with E-state index in [2.05, 4.69) is 10.4 Å². The molecule has 2 aromatic rings. The molecule has 0 unspecified atom stereocenters. The molecule has 0 aliphatic rings. The first-order chi connectivity index (χ1) is 8.15. The summed E-state index contributed by atoms with van der Waals surface area (Å²) in [6.45, 7) is 1.92. The van der Waals surface area contributed by atoms with Crippen LogP contribution in [0.25, 0.3) is 0 Å². The summed E-state index contributed by atoms with van der Waals surface area (Å²) in [7, 11) is 0. The van der Waals surface area contributed by atoms with Crippen molar-refractivity contribution in [3.05, 3.63) is 46.5 Å². The molecule has 5 heteroatoms. The first-order valence-corrected chi connectivity index (χ1v) is 6.75. The second-order valence-corrected chi connectivity index (χ2v) is 5.48. The molecule has 0 bridgehead atoms. The summed E-state index contributed by atoms with van der Waals surface area (Å²) >= 11 is 3.15. The van der Waals surface area contributed by atoms with E-state index < -0.39 is 5.97 Å². The first-order valence-electron chi connectivity index (χ1n) is 4.95. The molecule has 0 spiro atoms. The Morgan fingerprint density at radius 3 is 2.71 bits per heavy atom. The first kappa shape index (κ1) is 12.1. The van der Waals surface area contributed by atoms with E-state index in [9.17, 15) is 4.79 Å². The highest BCUT2D eigenvalue weighted by Gasteiger charge is 2.03. The van der Waals surface area contributed by atoms with Crippen molar-refractivity contribution in [2.75, 3.05) is 0 Å². The number of thiazole rings is 1. The van der Waals surface area contributed by atoms with Gasteiger partial charge in [0.25, 0.3) is 0 Å². The molecule has 0 amide bonds. The van der Waals surface area contributed by atoms with E-state index in [1.807, 2.05) is 19.1 Å². The van der Waals surface area contributed by atoms with Gasteiger partial charge >= 0.3 is 5.97 Å². The van der Waals surface area contributed by atoms with Gasteiger partial charge in [-0.15, -0.1) is 11.3 Å². The number of aromatic nitrogens is 1. The molecule has 0 fully saturated rings. The van der Waals surface area contributed by atoms with Crippen molar-refractivity contribution in [2.45, 2.75) is 17.0 Å². The van der Waals surface area contributed by atoms with Gasteiger partial charge in [0.1, 0.15) is 0 Å². The van der Waals surface area contributed by atoms with Gasteiger partial charge in [0.05, 0.1) is 16.6 Å².